The molecule has 0 radical (unpaired) electrons. The van der Waals surface area contributed by atoms with E-state index in [4.69, 9.17) is 0 Å². The predicted molar refractivity (Wildman–Crippen MR) is 69.3 cm³/mol. The van der Waals surface area contributed by atoms with Gasteiger partial charge in [0, 0.05) is 12.6 Å². The van der Waals surface area contributed by atoms with Crippen molar-refractivity contribution in [1.29, 1.82) is 0 Å². The molecule has 1 aromatic rings. The summed E-state index contributed by atoms with van der Waals surface area (Å²) in [5, 5.41) is 0. The molecule has 88 valence electrons. The van der Waals surface area contributed by atoms with Crippen molar-refractivity contribution in [2.24, 2.45) is 11.8 Å². The molecule has 0 saturated carbocycles. The molecule has 0 spiro atoms. The molecule has 0 N–H and O–H groups in total. The molecule has 1 heteroatoms. The lowest BCUT2D eigenvalue weighted by Crippen LogP contribution is -2.35. The lowest BCUT2D eigenvalue weighted by molar-refractivity contribution is 0.174. The molecule has 1 aliphatic heterocycles. The van der Waals surface area contributed by atoms with Crippen LogP contribution in [-0.2, 0) is 6.54 Å². The second-order valence-electron chi connectivity index (χ2n) is 5.46. The first-order chi connectivity index (χ1) is 7.68. The summed E-state index contributed by atoms with van der Waals surface area (Å²) in [6.07, 6.45) is 1.36. The summed E-state index contributed by atoms with van der Waals surface area (Å²) >= 11 is 0. The Hall–Kier alpha value is -0.820. The highest BCUT2D eigenvalue weighted by atomic mass is 15.2. The van der Waals surface area contributed by atoms with Gasteiger partial charge >= 0.3 is 0 Å². The molecule has 0 unspecified atom stereocenters. The van der Waals surface area contributed by atoms with Crippen LogP contribution in [0.2, 0.25) is 0 Å². The molecule has 0 aliphatic carbocycles. The number of nitrogens with zero attached hydrogens (tertiary/aromatic N) is 1. The molecule has 2 atom stereocenters. The van der Waals surface area contributed by atoms with Crippen molar-refractivity contribution in [3.63, 3.8) is 0 Å². The van der Waals surface area contributed by atoms with E-state index in [9.17, 15) is 0 Å². The van der Waals surface area contributed by atoms with Gasteiger partial charge in [0.05, 0.1) is 0 Å². The van der Waals surface area contributed by atoms with Crippen LogP contribution in [0.25, 0.3) is 0 Å². The third-order valence-corrected chi connectivity index (χ3v) is 3.79. The van der Waals surface area contributed by atoms with E-state index in [0.29, 0.717) is 0 Å². The van der Waals surface area contributed by atoms with Gasteiger partial charge in [-0.05, 0) is 30.4 Å². The van der Waals surface area contributed by atoms with Crippen molar-refractivity contribution in [2.45, 2.75) is 39.8 Å². The van der Waals surface area contributed by atoms with Crippen LogP contribution in [0.5, 0.6) is 0 Å². The minimum atomic E-state index is 0.764. The van der Waals surface area contributed by atoms with Gasteiger partial charge < -0.3 is 0 Å². The van der Waals surface area contributed by atoms with E-state index in [1.54, 1.807) is 0 Å². The molecular formula is C15H23N. The average Bonchev–Trinajstić information content (AvgIpc) is 2.61. The van der Waals surface area contributed by atoms with Gasteiger partial charge in [-0.1, -0.05) is 51.1 Å². The van der Waals surface area contributed by atoms with E-state index in [-0.39, 0.29) is 0 Å². The van der Waals surface area contributed by atoms with E-state index in [1.807, 2.05) is 0 Å². The minimum absolute atomic E-state index is 0.764. The van der Waals surface area contributed by atoms with Crippen molar-refractivity contribution in [3.8, 4) is 0 Å². The highest BCUT2D eigenvalue weighted by Gasteiger charge is 2.32. The van der Waals surface area contributed by atoms with Gasteiger partial charge in [0.25, 0.3) is 0 Å². The van der Waals surface area contributed by atoms with Crippen molar-refractivity contribution in [2.75, 3.05) is 6.54 Å². The number of hydrogen-bond acceptors (Lipinski definition) is 1. The van der Waals surface area contributed by atoms with E-state index < -0.39 is 0 Å². The summed E-state index contributed by atoms with van der Waals surface area (Å²) in [7, 11) is 0. The first-order valence-electron chi connectivity index (χ1n) is 6.46. The molecule has 0 bridgehead atoms. The molecule has 1 fully saturated rings. The highest BCUT2D eigenvalue weighted by Crippen LogP contribution is 2.30. The maximum atomic E-state index is 2.66. The average molecular weight is 217 g/mol. The van der Waals surface area contributed by atoms with Crippen LogP contribution in [0.3, 0.4) is 0 Å². The first kappa shape index (κ1) is 11.7. The molecule has 1 aromatic carbocycles. The summed E-state index contributed by atoms with van der Waals surface area (Å²) in [6, 6.07) is 11.6. The quantitative estimate of drug-likeness (QED) is 0.748. The molecule has 1 heterocycles. The molecule has 2 rings (SSSR count). The van der Waals surface area contributed by atoms with E-state index in [1.165, 1.54) is 18.5 Å². The van der Waals surface area contributed by atoms with Gasteiger partial charge in [-0.25, -0.2) is 0 Å². The zero-order valence-corrected chi connectivity index (χ0v) is 10.7. The zero-order valence-electron chi connectivity index (χ0n) is 10.7. The van der Waals surface area contributed by atoms with Crippen molar-refractivity contribution in [3.05, 3.63) is 35.9 Å². The molecule has 1 nitrogen and oxygen atoms in total. The third kappa shape index (κ3) is 2.46. The Kier molecular flexibility index (Phi) is 3.65. The third-order valence-electron chi connectivity index (χ3n) is 3.79. The Bertz CT molecular complexity index is 317. The SMILES string of the molecule is CC(C)[C@H]1[C@@H](C)CCN1Cc1ccccc1. The maximum absolute atomic E-state index is 2.66. The van der Waals surface area contributed by atoms with Gasteiger partial charge in [-0.15, -0.1) is 0 Å². The van der Waals surface area contributed by atoms with Crippen molar-refractivity contribution < 1.29 is 0 Å². The molecule has 0 amide bonds. The fourth-order valence-electron chi connectivity index (χ4n) is 3.13. The Balaban J connectivity index is 2.05. The van der Waals surface area contributed by atoms with Crippen molar-refractivity contribution >= 4 is 0 Å². The monoisotopic (exact) mass is 217 g/mol. The van der Waals surface area contributed by atoms with E-state index in [0.717, 1.165) is 24.4 Å². The molecule has 0 aromatic heterocycles. The van der Waals surface area contributed by atoms with Crippen LogP contribution >= 0.6 is 0 Å². The summed E-state index contributed by atoms with van der Waals surface area (Å²) < 4.78 is 0. The Morgan fingerprint density at radius 1 is 1.25 bits per heavy atom. The topological polar surface area (TPSA) is 3.24 Å². The van der Waals surface area contributed by atoms with Crippen LogP contribution in [-0.4, -0.2) is 17.5 Å². The van der Waals surface area contributed by atoms with Crippen LogP contribution in [0.15, 0.2) is 30.3 Å². The number of likely N-dealkylation sites (tertiary alicyclic amines) is 1. The zero-order chi connectivity index (χ0) is 11.5. The lowest BCUT2D eigenvalue weighted by Gasteiger charge is -2.30. The molecule has 1 saturated heterocycles. The molecule has 16 heavy (non-hydrogen) atoms. The van der Waals surface area contributed by atoms with E-state index >= 15 is 0 Å². The highest BCUT2D eigenvalue weighted by molar-refractivity contribution is 5.15. The first-order valence-corrected chi connectivity index (χ1v) is 6.46. The Morgan fingerprint density at radius 3 is 2.56 bits per heavy atom. The van der Waals surface area contributed by atoms with Crippen LogP contribution in [0.1, 0.15) is 32.8 Å². The summed E-state index contributed by atoms with van der Waals surface area (Å²) in [4.78, 5) is 2.66. The second-order valence-corrected chi connectivity index (χ2v) is 5.46. The summed E-state index contributed by atoms with van der Waals surface area (Å²) in [5.74, 6) is 1.62. The van der Waals surface area contributed by atoms with Crippen LogP contribution in [0.4, 0.5) is 0 Å². The normalized spacial score (nSPS) is 26.5. The Labute approximate surface area is 99.5 Å². The standard InChI is InChI=1S/C15H23N/c1-12(2)15-13(3)9-10-16(15)11-14-7-5-4-6-8-14/h4-8,12-13,15H,9-11H2,1-3H3/t13-,15-/m0/s1. The second kappa shape index (κ2) is 5.01. The predicted octanol–water partition coefficient (Wildman–Crippen LogP) is 3.55. The van der Waals surface area contributed by atoms with Gasteiger partial charge in [0.1, 0.15) is 0 Å². The lowest BCUT2D eigenvalue weighted by atomic mass is 9.93. The van der Waals surface area contributed by atoms with Crippen LogP contribution < -0.4 is 0 Å². The molecule has 1 aliphatic rings. The van der Waals surface area contributed by atoms with Gasteiger partial charge in [0.15, 0.2) is 0 Å². The fourth-order valence-corrected chi connectivity index (χ4v) is 3.13. The number of benzene rings is 1. The summed E-state index contributed by atoms with van der Waals surface area (Å²) in [5.41, 5.74) is 1.45. The van der Waals surface area contributed by atoms with Gasteiger partial charge in [-0.2, -0.15) is 0 Å². The number of hydrogen-bond donors (Lipinski definition) is 0. The van der Waals surface area contributed by atoms with Crippen LogP contribution in [0, 0.1) is 11.8 Å². The fraction of sp³-hybridized carbons (Fsp3) is 0.600. The number of rotatable bonds is 3. The summed E-state index contributed by atoms with van der Waals surface area (Å²) in [6.45, 7) is 9.48. The van der Waals surface area contributed by atoms with Crippen molar-refractivity contribution in [1.82, 2.24) is 4.90 Å². The van der Waals surface area contributed by atoms with Gasteiger partial charge in [0.2, 0.25) is 0 Å². The Morgan fingerprint density at radius 2 is 1.94 bits per heavy atom. The molecular weight excluding hydrogens is 194 g/mol. The smallest absolute Gasteiger partial charge is 0.0236 e. The largest absolute Gasteiger partial charge is 0.296 e. The minimum Gasteiger partial charge on any atom is -0.296 e. The maximum Gasteiger partial charge on any atom is 0.0236 e. The van der Waals surface area contributed by atoms with E-state index in [2.05, 4.69) is 56.0 Å². The van der Waals surface area contributed by atoms with Gasteiger partial charge in [-0.3, -0.25) is 4.90 Å².